The summed E-state index contributed by atoms with van der Waals surface area (Å²) in [6, 6.07) is 7.43. The highest BCUT2D eigenvalue weighted by atomic mass is 16.5. The van der Waals surface area contributed by atoms with E-state index >= 15 is 0 Å². The first-order valence-corrected chi connectivity index (χ1v) is 23.5. The summed E-state index contributed by atoms with van der Waals surface area (Å²) in [5.74, 6) is 2.48. The minimum atomic E-state index is -0.361. The molecule has 60 heavy (non-hydrogen) atoms. The Morgan fingerprint density at radius 3 is 2.27 bits per heavy atom. The Morgan fingerprint density at radius 2 is 1.58 bits per heavy atom. The summed E-state index contributed by atoms with van der Waals surface area (Å²) in [7, 11) is 6.05. The zero-order valence-electron chi connectivity index (χ0n) is 36.6. The van der Waals surface area contributed by atoms with E-state index in [2.05, 4.69) is 54.1 Å². The van der Waals surface area contributed by atoms with Crippen LogP contribution in [-0.2, 0) is 4.79 Å². The Balaban J connectivity index is 0.913. The van der Waals surface area contributed by atoms with Crippen LogP contribution in [0.2, 0.25) is 0 Å². The number of benzene rings is 1. The van der Waals surface area contributed by atoms with Crippen molar-refractivity contribution in [2.75, 3.05) is 102 Å². The third-order valence-electron chi connectivity index (χ3n) is 15.6. The molecule has 14 nitrogen and oxygen atoms in total. The molecule has 6 fully saturated rings. The van der Waals surface area contributed by atoms with Crippen molar-refractivity contribution in [3.8, 4) is 5.75 Å². The fourth-order valence-electron chi connectivity index (χ4n) is 11.6. The molecule has 2 amide bonds. The number of nitrogens with two attached hydrogens (primary N) is 1. The molecule has 2 aromatic rings. The number of hydrogen-bond acceptors (Lipinski definition) is 12. The van der Waals surface area contributed by atoms with Crippen LogP contribution >= 0.6 is 0 Å². The van der Waals surface area contributed by atoms with Gasteiger partial charge in [0.05, 0.1) is 24.4 Å². The molecule has 1 aromatic carbocycles. The lowest BCUT2D eigenvalue weighted by molar-refractivity contribution is -0.123. The van der Waals surface area contributed by atoms with Gasteiger partial charge in [-0.05, 0) is 115 Å². The number of piperazine rings is 2. The average molecular weight is 826 g/mol. The fourth-order valence-corrected chi connectivity index (χ4v) is 11.6. The number of rotatable bonds is 11. The van der Waals surface area contributed by atoms with E-state index in [1.54, 1.807) is 7.11 Å². The van der Waals surface area contributed by atoms with E-state index in [0.717, 1.165) is 141 Å². The summed E-state index contributed by atoms with van der Waals surface area (Å²) < 4.78 is 5.86. The van der Waals surface area contributed by atoms with Gasteiger partial charge >= 0.3 is 0 Å². The van der Waals surface area contributed by atoms with E-state index in [-0.39, 0.29) is 29.3 Å². The molecule has 14 heteroatoms. The molecule has 9 rings (SSSR count). The molecule has 328 valence electrons. The third kappa shape index (κ3) is 9.00. The second-order valence-electron chi connectivity index (χ2n) is 19.6. The van der Waals surface area contributed by atoms with E-state index in [1.807, 2.05) is 24.4 Å². The van der Waals surface area contributed by atoms with Crippen LogP contribution in [0.4, 0.5) is 23.1 Å². The van der Waals surface area contributed by atoms with Crippen molar-refractivity contribution in [3.05, 3.63) is 30.0 Å². The second-order valence-corrected chi connectivity index (χ2v) is 19.6. The predicted molar refractivity (Wildman–Crippen MR) is 237 cm³/mol. The van der Waals surface area contributed by atoms with Gasteiger partial charge in [0.15, 0.2) is 5.82 Å². The molecule has 4 heterocycles. The van der Waals surface area contributed by atoms with E-state index < -0.39 is 0 Å². The topological polar surface area (TPSA) is 139 Å². The highest BCUT2D eigenvalue weighted by molar-refractivity contribution is 6.03. The van der Waals surface area contributed by atoms with E-state index in [1.165, 1.54) is 12.8 Å². The van der Waals surface area contributed by atoms with Gasteiger partial charge in [0.2, 0.25) is 11.9 Å². The van der Waals surface area contributed by atoms with Gasteiger partial charge < -0.3 is 40.7 Å². The lowest BCUT2D eigenvalue weighted by Gasteiger charge is -2.45. The minimum absolute atomic E-state index is 0.0692. The summed E-state index contributed by atoms with van der Waals surface area (Å²) in [5.41, 5.74) is 8.37. The number of nitrogens with one attached hydrogen (secondary N) is 2. The first-order chi connectivity index (χ1) is 29.2. The maximum Gasteiger partial charge on any atom is 0.251 e. The quantitative estimate of drug-likeness (QED) is 0.294. The Bertz CT molecular complexity index is 1810. The van der Waals surface area contributed by atoms with Crippen LogP contribution in [0.1, 0.15) is 100 Å². The SMILES string of the molecule is COc1cc(C(=O)N[C@H]2CC[C@H](N3CCN(C)CC3)CC2)ccc1Nc1ncc2c(n1)N(C1CCCC1)CC1(CC1)C(=O)N2CCC1C[C@@H](N)CCC1N1CCN(C)CC1. The van der Waals surface area contributed by atoms with Crippen LogP contribution in [0.3, 0.4) is 0 Å². The molecule has 4 aliphatic carbocycles. The Morgan fingerprint density at radius 1 is 0.883 bits per heavy atom. The lowest BCUT2D eigenvalue weighted by atomic mass is 9.78. The molecule has 4 saturated carbocycles. The molecule has 0 bridgehead atoms. The Kier molecular flexibility index (Phi) is 12.6. The van der Waals surface area contributed by atoms with Crippen molar-refractivity contribution < 1.29 is 14.3 Å². The smallest absolute Gasteiger partial charge is 0.251 e. The lowest BCUT2D eigenvalue weighted by Crippen LogP contribution is -2.54. The maximum absolute atomic E-state index is 14.7. The number of fused-ring (bicyclic) bond motifs is 1. The van der Waals surface area contributed by atoms with Crippen molar-refractivity contribution in [1.29, 1.82) is 0 Å². The normalized spacial score (nSPS) is 29.7. The van der Waals surface area contributed by atoms with E-state index in [0.29, 0.717) is 60.1 Å². The largest absolute Gasteiger partial charge is 0.495 e. The van der Waals surface area contributed by atoms with Gasteiger partial charge in [-0.15, -0.1) is 0 Å². The summed E-state index contributed by atoms with van der Waals surface area (Å²) in [6.07, 6.45) is 16.7. The fraction of sp³-hybridized carbons (Fsp3) is 0.739. The zero-order valence-corrected chi connectivity index (χ0v) is 36.6. The molecule has 0 radical (unpaired) electrons. The van der Waals surface area contributed by atoms with Gasteiger partial charge in [0.25, 0.3) is 5.91 Å². The molecule has 7 aliphatic rings. The van der Waals surface area contributed by atoms with Crippen molar-refractivity contribution in [1.82, 2.24) is 34.9 Å². The molecule has 2 saturated heterocycles. The number of amides is 2. The standard InChI is InChI=1S/C46H71N11O3/c1-52-20-24-54(25-21-52)36-12-10-35(11-13-36)49-43(58)33-8-14-38(41(29-33)60-3)50-45-48-30-40-42(51-45)57(37-6-4-5-7-37)31-46(17-18-46)44(59)56(40)19-16-32-28-34(47)9-15-39(32)55-26-22-53(2)23-27-55/h8,14,29-30,32,34-37,39H,4-7,9-13,15-28,31,47H2,1-3H3,(H,49,58)(H,48,50,51)/t32?,34-,35-,36-,39?/m0/s1. The molecule has 1 aromatic heterocycles. The van der Waals surface area contributed by atoms with Crippen LogP contribution in [0.5, 0.6) is 5.75 Å². The van der Waals surface area contributed by atoms with Crippen molar-refractivity contribution in [2.45, 2.75) is 120 Å². The number of likely N-dealkylation sites (N-methyl/N-ethyl adjacent to an activating group) is 2. The first-order valence-electron chi connectivity index (χ1n) is 23.5. The maximum atomic E-state index is 14.7. The highest BCUT2D eigenvalue weighted by Gasteiger charge is 2.56. The van der Waals surface area contributed by atoms with Crippen LogP contribution in [0.25, 0.3) is 0 Å². The molecule has 2 unspecified atom stereocenters. The van der Waals surface area contributed by atoms with Crippen molar-refractivity contribution in [2.24, 2.45) is 17.1 Å². The number of nitrogens with zero attached hydrogens (tertiary/aromatic N) is 8. The third-order valence-corrected chi connectivity index (χ3v) is 15.6. The number of anilines is 4. The predicted octanol–water partition coefficient (Wildman–Crippen LogP) is 4.53. The summed E-state index contributed by atoms with van der Waals surface area (Å²) in [5, 5.41) is 6.76. The number of aromatic nitrogens is 2. The second kappa shape index (κ2) is 18.0. The van der Waals surface area contributed by atoms with Gasteiger partial charge in [-0.2, -0.15) is 4.98 Å². The number of hydrogen-bond donors (Lipinski definition) is 3. The van der Waals surface area contributed by atoms with Gasteiger partial charge in [0, 0.05) is 101 Å². The van der Waals surface area contributed by atoms with Crippen LogP contribution in [0.15, 0.2) is 24.4 Å². The number of ether oxygens (including phenoxy) is 1. The number of methoxy groups -OCH3 is 1. The van der Waals surface area contributed by atoms with Crippen LogP contribution in [0, 0.1) is 11.3 Å². The molecule has 3 aliphatic heterocycles. The molecular weight excluding hydrogens is 755 g/mol. The Labute approximate surface area is 357 Å². The molecule has 4 N–H and O–H groups in total. The van der Waals surface area contributed by atoms with Gasteiger partial charge in [-0.1, -0.05) is 12.8 Å². The summed E-state index contributed by atoms with van der Waals surface area (Å²) in [6.45, 7) is 10.3. The first kappa shape index (κ1) is 41.8. The van der Waals surface area contributed by atoms with E-state index in [4.69, 9.17) is 20.4 Å². The van der Waals surface area contributed by atoms with Crippen molar-refractivity contribution in [3.63, 3.8) is 0 Å². The number of carbonyl (C=O) groups is 2. The highest BCUT2D eigenvalue weighted by Crippen LogP contribution is 2.53. The zero-order chi connectivity index (χ0) is 41.4. The van der Waals surface area contributed by atoms with Crippen molar-refractivity contribution >= 4 is 35.0 Å². The van der Waals surface area contributed by atoms with Crippen LogP contribution < -0.4 is 30.9 Å². The molecular formula is C46H71N11O3. The molecule has 3 atom stereocenters. The monoisotopic (exact) mass is 826 g/mol. The van der Waals surface area contributed by atoms with Gasteiger partial charge in [-0.3, -0.25) is 19.4 Å². The van der Waals surface area contributed by atoms with E-state index in [9.17, 15) is 9.59 Å². The number of carbonyl (C=O) groups excluding carboxylic acids is 2. The summed E-state index contributed by atoms with van der Waals surface area (Å²) in [4.78, 5) is 53.1. The summed E-state index contributed by atoms with van der Waals surface area (Å²) >= 11 is 0. The molecule has 1 spiro atoms. The van der Waals surface area contributed by atoms with Gasteiger partial charge in [0.1, 0.15) is 11.4 Å². The minimum Gasteiger partial charge on any atom is -0.495 e. The van der Waals surface area contributed by atoms with Gasteiger partial charge in [-0.25, -0.2) is 4.98 Å². The average Bonchev–Trinajstić information content (AvgIpc) is 3.87. The van der Waals surface area contributed by atoms with Crippen LogP contribution in [-0.4, -0.2) is 158 Å². The Hall–Kier alpha value is -3.56.